The summed E-state index contributed by atoms with van der Waals surface area (Å²) in [4.78, 5) is 21.6. The van der Waals surface area contributed by atoms with E-state index >= 15 is 0 Å². The van der Waals surface area contributed by atoms with Gasteiger partial charge in [-0.25, -0.2) is 0 Å². The lowest BCUT2D eigenvalue weighted by atomic mass is 10.0. The van der Waals surface area contributed by atoms with E-state index in [9.17, 15) is 9.59 Å². The van der Waals surface area contributed by atoms with E-state index < -0.39 is 0 Å². The maximum Gasteiger partial charge on any atom is 0.160 e. The Kier molecular flexibility index (Phi) is 7.49. The van der Waals surface area contributed by atoms with Gasteiger partial charge in [-0.05, 0) is 58.6 Å². The number of rotatable bonds is 3. The van der Waals surface area contributed by atoms with Crippen LogP contribution in [0.1, 0.15) is 33.2 Å². The third-order valence-corrected chi connectivity index (χ3v) is 5.54. The van der Waals surface area contributed by atoms with Crippen molar-refractivity contribution in [1.82, 2.24) is 0 Å². The van der Waals surface area contributed by atoms with Gasteiger partial charge in [-0.15, -0.1) is 0 Å². The maximum atomic E-state index is 11.0. The van der Waals surface area contributed by atoms with E-state index in [0.717, 1.165) is 37.5 Å². The minimum absolute atomic E-state index is 0.0978. The highest BCUT2D eigenvalue weighted by Crippen LogP contribution is 2.25. The fraction of sp³-hybridized carbons (Fsp3) is 0.0909. The first-order valence-electron chi connectivity index (χ1n) is 8.00. The Morgan fingerprint density at radius 1 is 0.885 bits per heavy atom. The van der Waals surface area contributed by atoms with Crippen molar-refractivity contribution in [3.8, 4) is 11.1 Å². The van der Waals surface area contributed by atoms with Crippen molar-refractivity contribution >= 4 is 43.9 Å². The largest absolute Gasteiger partial charge is 0.298 e. The second-order valence-corrected chi connectivity index (χ2v) is 7.36. The number of aldehydes is 1. The van der Waals surface area contributed by atoms with Gasteiger partial charge in [0.15, 0.2) is 12.1 Å². The van der Waals surface area contributed by atoms with Gasteiger partial charge in [0.2, 0.25) is 0 Å². The van der Waals surface area contributed by atoms with Crippen molar-refractivity contribution in [3.63, 3.8) is 0 Å². The zero-order valence-corrected chi connectivity index (χ0v) is 17.7. The Balaban J connectivity index is 0.000000197. The molecule has 0 saturated heterocycles. The van der Waals surface area contributed by atoms with Crippen LogP contribution >= 0.6 is 31.9 Å². The Morgan fingerprint density at radius 2 is 1.58 bits per heavy atom. The second kappa shape index (κ2) is 9.60. The first kappa shape index (κ1) is 20.3. The van der Waals surface area contributed by atoms with Crippen LogP contribution in [-0.2, 0) is 0 Å². The molecule has 0 aliphatic carbocycles. The highest BCUT2D eigenvalue weighted by Gasteiger charge is 2.05. The number of Topliss-reactive ketones (excluding diaryl/α,β-unsaturated/α-hetero) is 1. The molecule has 0 spiro atoms. The third-order valence-electron chi connectivity index (χ3n) is 3.81. The van der Waals surface area contributed by atoms with Gasteiger partial charge < -0.3 is 0 Å². The number of carbonyl (C=O) groups is 2. The summed E-state index contributed by atoms with van der Waals surface area (Å²) in [5.41, 5.74) is 4.78. The van der Waals surface area contributed by atoms with Crippen LogP contribution in [0.3, 0.4) is 0 Å². The summed E-state index contributed by atoms with van der Waals surface area (Å²) >= 11 is 6.73. The molecule has 0 unspecified atom stereocenters. The molecule has 4 heteroatoms. The Hall–Kier alpha value is -2.04. The fourth-order valence-corrected chi connectivity index (χ4v) is 3.37. The Bertz CT molecular complexity index is 919. The van der Waals surface area contributed by atoms with Crippen molar-refractivity contribution in [1.29, 1.82) is 0 Å². The summed E-state index contributed by atoms with van der Waals surface area (Å²) in [7, 11) is 0. The summed E-state index contributed by atoms with van der Waals surface area (Å²) in [6.45, 7) is 3.54. The van der Waals surface area contributed by atoms with Crippen LogP contribution in [0.15, 0.2) is 75.7 Å². The maximum absolute atomic E-state index is 11.0. The smallest absolute Gasteiger partial charge is 0.160 e. The topological polar surface area (TPSA) is 34.1 Å². The summed E-state index contributed by atoms with van der Waals surface area (Å²) < 4.78 is 1.74. The van der Waals surface area contributed by atoms with Gasteiger partial charge in [-0.3, -0.25) is 9.59 Å². The average Bonchev–Trinajstić information content (AvgIpc) is 2.65. The van der Waals surface area contributed by atoms with Gasteiger partial charge >= 0.3 is 0 Å². The lowest BCUT2D eigenvalue weighted by Crippen LogP contribution is -1.94. The lowest BCUT2D eigenvalue weighted by Gasteiger charge is -2.03. The normalized spacial score (nSPS) is 9.85. The van der Waals surface area contributed by atoms with Crippen LogP contribution in [0.25, 0.3) is 11.1 Å². The van der Waals surface area contributed by atoms with E-state index in [1.807, 2.05) is 73.7 Å². The molecule has 0 bridgehead atoms. The van der Waals surface area contributed by atoms with Crippen LogP contribution in [0.5, 0.6) is 0 Å². The molecule has 3 rings (SSSR count). The SMILES string of the molecule is CC(=O)c1cccc(C)c1Br.O=Cc1ccc(-c2ccccc2)cc1Br. The molecule has 26 heavy (non-hydrogen) atoms. The molecule has 0 fully saturated rings. The van der Waals surface area contributed by atoms with Gasteiger partial charge in [0.05, 0.1) is 0 Å². The minimum atomic E-state index is 0.0978. The number of aryl methyl sites for hydroxylation is 1. The first-order chi connectivity index (χ1) is 12.4. The standard InChI is InChI=1S/C13H9BrO.C9H9BrO/c14-13-8-11(6-7-12(13)9-15)10-4-2-1-3-5-10;1-6-4-3-5-8(7(2)11)9(6)10/h1-9H;3-5H,1-2H3. The predicted octanol–water partition coefficient (Wildman–Crippen LogP) is 6.89. The summed E-state index contributed by atoms with van der Waals surface area (Å²) in [6.07, 6.45) is 0.846. The fourth-order valence-electron chi connectivity index (χ4n) is 2.35. The van der Waals surface area contributed by atoms with E-state index in [1.165, 1.54) is 0 Å². The number of ketones is 1. The van der Waals surface area contributed by atoms with Crippen molar-refractivity contribution < 1.29 is 9.59 Å². The molecule has 0 N–H and O–H groups in total. The zero-order valence-electron chi connectivity index (χ0n) is 14.5. The molecule has 0 aliphatic rings. The van der Waals surface area contributed by atoms with Crippen LogP contribution in [0.2, 0.25) is 0 Å². The quantitative estimate of drug-likeness (QED) is 0.306. The molecule has 0 saturated carbocycles. The molecule has 0 heterocycles. The highest BCUT2D eigenvalue weighted by atomic mass is 79.9. The molecule has 0 amide bonds. The van der Waals surface area contributed by atoms with Gasteiger partial charge in [0, 0.05) is 20.1 Å². The summed E-state index contributed by atoms with van der Waals surface area (Å²) in [5, 5.41) is 0. The summed E-state index contributed by atoms with van der Waals surface area (Å²) in [6, 6.07) is 21.5. The van der Waals surface area contributed by atoms with Gasteiger partial charge in [-0.1, -0.05) is 70.5 Å². The molecule has 0 atom stereocenters. The van der Waals surface area contributed by atoms with E-state index in [2.05, 4.69) is 31.9 Å². The molecule has 3 aromatic carbocycles. The Labute approximate surface area is 170 Å². The zero-order chi connectivity index (χ0) is 19.1. The van der Waals surface area contributed by atoms with E-state index in [4.69, 9.17) is 0 Å². The lowest BCUT2D eigenvalue weighted by molar-refractivity contribution is 0.101. The average molecular weight is 474 g/mol. The second-order valence-electron chi connectivity index (χ2n) is 5.71. The van der Waals surface area contributed by atoms with Crippen LogP contribution in [0, 0.1) is 6.92 Å². The highest BCUT2D eigenvalue weighted by molar-refractivity contribution is 9.10. The third kappa shape index (κ3) is 5.23. The number of carbonyl (C=O) groups excluding carboxylic acids is 2. The molecule has 3 aromatic rings. The van der Waals surface area contributed by atoms with Crippen LogP contribution in [0.4, 0.5) is 0 Å². The molecular weight excluding hydrogens is 456 g/mol. The minimum Gasteiger partial charge on any atom is -0.298 e. The van der Waals surface area contributed by atoms with Gasteiger partial charge in [0.25, 0.3) is 0 Å². The number of halogens is 2. The van der Waals surface area contributed by atoms with Crippen LogP contribution < -0.4 is 0 Å². The number of hydrogen-bond acceptors (Lipinski definition) is 2. The van der Waals surface area contributed by atoms with E-state index in [-0.39, 0.29) is 5.78 Å². The molecule has 2 nitrogen and oxygen atoms in total. The van der Waals surface area contributed by atoms with Crippen molar-refractivity contribution in [2.75, 3.05) is 0 Å². The van der Waals surface area contributed by atoms with Gasteiger partial charge in [0.1, 0.15) is 0 Å². The number of benzene rings is 3. The van der Waals surface area contributed by atoms with Crippen LogP contribution in [-0.4, -0.2) is 12.1 Å². The molecule has 132 valence electrons. The molecule has 0 aliphatic heterocycles. The molecular formula is C22H18Br2O2. The van der Waals surface area contributed by atoms with E-state index in [1.54, 1.807) is 6.92 Å². The molecule has 0 radical (unpaired) electrons. The van der Waals surface area contributed by atoms with E-state index in [0.29, 0.717) is 5.56 Å². The Morgan fingerprint density at radius 3 is 2.12 bits per heavy atom. The number of hydrogen-bond donors (Lipinski definition) is 0. The van der Waals surface area contributed by atoms with Gasteiger partial charge in [-0.2, -0.15) is 0 Å². The summed E-state index contributed by atoms with van der Waals surface area (Å²) in [5.74, 6) is 0.0978. The van der Waals surface area contributed by atoms with Crippen molar-refractivity contribution in [2.24, 2.45) is 0 Å². The monoisotopic (exact) mass is 472 g/mol. The first-order valence-corrected chi connectivity index (χ1v) is 9.59. The predicted molar refractivity (Wildman–Crippen MR) is 114 cm³/mol. The van der Waals surface area contributed by atoms with Crippen molar-refractivity contribution in [2.45, 2.75) is 13.8 Å². The van der Waals surface area contributed by atoms with Crippen molar-refractivity contribution in [3.05, 3.63) is 92.4 Å². The molecule has 0 aromatic heterocycles.